The van der Waals surface area contributed by atoms with E-state index in [9.17, 15) is 4.79 Å². The van der Waals surface area contributed by atoms with Crippen molar-refractivity contribution in [1.29, 1.82) is 0 Å². The molecule has 0 N–H and O–H groups in total. The van der Waals surface area contributed by atoms with Gasteiger partial charge in [-0.05, 0) is 54.1 Å². The number of carbonyl (C=O) groups is 1. The monoisotopic (exact) mass is 224 g/mol. The fourth-order valence-corrected chi connectivity index (χ4v) is 2.38. The molecule has 1 aliphatic carbocycles. The second-order valence-electron chi connectivity index (χ2n) is 3.81. The smallest absolute Gasteiger partial charge is 0.229 e. The molecular weight excluding hydrogens is 212 g/mol. The lowest BCUT2D eigenvalue weighted by atomic mass is 9.83. The second kappa shape index (κ2) is 4.23. The van der Waals surface area contributed by atoms with Crippen LogP contribution in [-0.2, 0) is 11.2 Å². The van der Waals surface area contributed by atoms with Gasteiger partial charge in [-0.2, -0.15) is 0 Å². The Kier molecular flexibility index (Phi) is 2.96. The Morgan fingerprint density at radius 3 is 3.00 bits per heavy atom. The molecular formula is C12H13ClO2. The molecule has 2 nitrogen and oxygen atoms in total. The first-order valence-electron chi connectivity index (χ1n) is 5.08. The minimum atomic E-state index is -0.249. The number of ether oxygens (including phenoxy) is 1. The average molecular weight is 225 g/mol. The molecule has 0 heterocycles. The molecule has 0 saturated carbocycles. The van der Waals surface area contributed by atoms with E-state index in [0.717, 1.165) is 30.6 Å². The van der Waals surface area contributed by atoms with Gasteiger partial charge in [0.15, 0.2) is 0 Å². The number of hydrogen-bond acceptors (Lipinski definition) is 2. The molecule has 80 valence electrons. The maximum atomic E-state index is 11.3. The van der Waals surface area contributed by atoms with E-state index in [-0.39, 0.29) is 11.2 Å². The first-order valence-corrected chi connectivity index (χ1v) is 5.46. The lowest BCUT2D eigenvalue weighted by Crippen LogP contribution is -2.14. The van der Waals surface area contributed by atoms with Crippen molar-refractivity contribution in [3.05, 3.63) is 29.3 Å². The van der Waals surface area contributed by atoms with Crippen molar-refractivity contribution in [3.63, 3.8) is 0 Å². The van der Waals surface area contributed by atoms with Crippen molar-refractivity contribution in [2.24, 2.45) is 0 Å². The highest BCUT2D eigenvalue weighted by Crippen LogP contribution is 2.34. The first kappa shape index (κ1) is 10.5. The second-order valence-corrected chi connectivity index (χ2v) is 4.19. The maximum Gasteiger partial charge on any atom is 0.229 e. The molecule has 1 unspecified atom stereocenters. The molecule has 0 bridgehead atoms. The number of benzene rings is 1. The van der Waals surface area contributed by atoms with Crippen LogP contribution in [0, 0.1) is 0 Å². The van der Waals surface area contributed by atoms with Gasteiger partial charge in [0.05, 0.1) is 13.0 Å². The number of halogens is 1. The third kappa shape index (κ3) is 2.00. The molecule has 0 amide bonds. The molecule has 0 aromatic heterocycles. The number of rotatable bonds is 2. The molecule has 1 atom stereocenters. The highest BCUT2D eigenvalue weighted by atomic mass is 35.5. The van der Waals surface area contributed by atoms with Crippen LogP contribution in [0.4, 0.5) is 0 Å². The molecule has 1 aromatic rings. The number of methoxy groups -OCH3 is 1. The summed E-state index contributed by atoms with van der Waals surface area (Å²) in [5.41, 5.74) is 2.27. The third-order valence-electron chi connectivity index (χ3n) is 2.94. The van der Waals surface area contributed by atoms with Gasteiger partial charge >= 0.3 is 0 Å². The van der Waals surface area contributed by atoms with Crippen LogP contribution in [-0.4, -0.2) is 12.4 Å². The standard InChI is InChI=1S/C12H13ClO2/c1-15-9-5-6-10-8(7-9)3-2-4-11(10)12(13)14/h5-7,11H,2-4H2,1H3. The number of aryl methyl sites for hydroxylation is 1. The van der Waals surface area contributed by atoms with Gasteiger partial charge in [0, 0.05) is 0 Å². The topological polar surface area (TPSA) is 26.3 Å². The molecule has 15 heavy (non-hydrogen) atoms. The first-order chi connectivity index (χ1) is 7.22. The van der Waals surface area contributed by atoms with Gasteiger partial charge in [0.1, 0.15) is 5.75 Å². The van der Waals surface area contributed by atoms with Gasteiger partial charge in [-0.15, -0.1) is 0 Å². The van der Waals surface area contributed by atoms with Gasteiger partial charge in [-0.1, -0.05) is 6.07 Å². The van der Waals surface area contributed by atoms with E-state index in [2.05, 4.69) is 0 Å². The van der Waals surface area contributed by atoms with Crippen LogP contribution in [0.5, 0.6) is 5.75 Å². The van der Waals surface area contributed by atoms with E-state index in [1.165, 1.54) is 5.56 Å². The molecule has 0 saturated heterocycles. The normalized spacial score (nSPS) is 19.5. The number of hydrogen-bond donors (Lipinski definition) is 0. The van der Waals surface area contributed by atoms with E-state index in [1.54, 1.807) is 7.11 Å². The van der Waals surface area contributed by atoms with Crippen LogP contribution in [0.25, 0.3) is 0 Å². The quantitative estimate of drug-likeness (QED) is 0.722. The predicted molar refractivity (Wildman–Crippen MR) is 59.5 cm³/mol. The van der Waals surface area contributed by atoms with Gasteiger partial charge < -0.3 is 4.74 Å². The van der Waals surface area contributed by atoms with Crippen molar-refractivity contribution in [2.45, 2.75) is 25.2 Å². The van der Waals surface area contributed by atoms with Crippen molar-refractivity contribution in [2.75, 3.05) is 7.11 Å². The zero-order chi connectivity index (χ0) is 10.8. The SMILES string of the molecule is COc1ccc2c(c1)CCCC2C(=O)Cl. The van der Waals surface area contributed by atoms with Crippen LogP contribution in [0.3, 0.4) is 0 Å². The van der Waals surface area contributed by atoms with E-state index in [1.807, 2.05) is 18.2 Å². The van der Waals surface area contributed by atoms with Gasteiger partial charge in [0.25, 0.3) is 0 Å². The molecule has 0 radical (unpaired) electrons. The summed E-state index contributed by atoms with van der Waals surface area (Å²) < 4.78 is 5.16. The molecule has 2 rings (SSSR count). The zero-order valence-electron chi connectivity index (χ0n) is 8.63. The van der Waals surface area contributed by atoms with Crippen LogP contribution in [0.15, 0.2) is 18.2 Å². The lowest BCUT2D eigenvalue weighted by molar-refractivity contribution is -0.113. The molecule has 3 heteroatoms. The lowest BCUT2D eigenvalue weighted by Gasteiger charge is -2.22. The summed E-state index contributed by atoms with van der Waals surface area (Å²) in [5, 5.41) is -0.249. The fraction of sp³-hybridized carbons (Fsp3) is 0.417. The minimum Gasteiger partial charge on any atom is -0.497 e. The maximum absolute atomic E-state index is 11.3. The summed E-state index contributed by atoms with van der Waals surface area (Å²) in [4.78, 5) is 11.3. The Hall–Kier alpha value is -1.02. The highest BCUT2D eigenvalue weighted by Gasteiger charge is 2.25. The van der Waals surface area contributed by atoms with Crippen molar-refractivity contribution in [3.8, 4) is 5.75 Å². The van der Waals surface area contributed by atoms with Crippen molar-refractivity contribution < 1.29 is 9.53 Å². The number of carbonyl (C=O) groups excluding carboxylic acids is 1. The van der Waals surface area contributed by atoms with Crippen LogP contribution in [0.2, 0.25) is 0 Å². The van der Waals surface area contributed by atoms with E-state index in [4.69, 9.17) is 16.3 Å². The molecule has 1 aliphatic rings. The Labute approximate surface area is 94.2 Å². The van der Waals surface area contributed by atoms with Crippen molar-refractivity contribution >= 4 is 16.8 Å². The number of fused-ring (bicyclic) bond motifs is 1. The summed E-state index contributed by atoms with van der Waals surface area (Å²) >= 11 is 5.59. The Bertz CT molecular complexity index is 387. The summed E-state index contributed by atoms with van der Waals surface area (Å²) in [7, 11) is 1.65. The zero-order valence-corrected chi connectivity index (χ0v) is 9.38. The van der Waals surface area contributed by atoms with Gasteiger partial charge in [-0.25, -0.2) is 0 Å². The Morgan fingerprint density at radius 1 is 1.53 bits per heavy atom. The van der Waals surface area contributed by atoms with Crippen molar-refractivity contribution in [1.82, 2.24) is 0 Å². The predicted octanol–water partition coefficient (Wildman–Crippen LogP) is 2.88. The van der Waals surface area contributed by atoms with Gasteiger partial charge in [0.2, 0.25) is 5.24 Å². The van der Waals surface area contributed by atoms with Crippen LogP contribution >= 0.6 is 11.6 Å². The highest BCUT2D eigenvalue weighted by molar-refractivity contribution is 6.64. The Balaban J connectivity index is 2.40. The minimum absolute atomic E-state index is 0.124. The van der Waals surface area contributed by atoms with Gasteiger partial charge in [-0.3, -0.25) is 4.79 Å². The third-order valence-corrected chi connectivity index (χ3v) is 3.20. The largest absolute Gasteiger partial charge is 0.497 e. The summed E-state index contributed by atoms with van der Waals surface area (Å²) in [6, 6.07) is 5.84. The Morgan fingerprint density at radius 2 is 2.33 bits per heavy atom. The van der Waals surface area contributed by atoms with E-state index >= 15 is 0 Å². The van der Waals surface area contributed by atoms with E-state index < -0.39 is 0 Å². The molecule has 1 aromatic carbocycles. The average Bonchev–Trinajstić information content (AvgIpc) is 2.27. The summed E-state index contributed by atoms with van der Waals surface area (Å²) in [6.07, 6.45) is 2.89. The van der Waals surface area contributed by atoms with Crippen LogP contribution in [0.1, 0.15) is 29.9 Å². The molecule has 0 fully saturated rings. The fourth-order valence-electron chi connectivity index (χ4n) is 2.15. The van der Waals surface area contributed by atoms with E-state index in [0.29, 0.717) is 0 Å². The molecule has 0 spiro atoms. The van der Waals surface area contributed by atoms with Crippen LogP contribution < -0.4 is 4.74 Å². The summed E-state index contributed by atoms with van der Waals surface area (Å²) in [5.74, 6) is 0.720. The summed E-state index contributed by atoms with van der Waals surface area (Å²) in [6.45, 7) is 0. The molecule has 0 aliphatic heterocycles.